The van der Waals surface area contributed by atoms with Gasteiger partial charge in [-0.1, -0.05) is 31.4 Å². The van der Waals surface area contributed by atoms with E-state index in [1.807, 2.05) is 0 Å². The molecule has 0 spiro atoms. The molecule has 25 heavy (non-hydrogen) atoms. The largest absolute Gasteiger partial charge is 0.435 e. The number of benzene rings is 1. The predicted octanol–water partition coefficient (Wildman–Crippen LogP) is 3.59. The molecule has 136 valence electrons. The molecule has 9 heteroatoms. The van der Waals surface area contributed by atoms with E-state index in [9.17, 15) is 21.6 Å². The van der Waals surface area contributed by atoms with Crippen LogP contribution in [-0.4, -0.2) is 18.2 Å². The second kappa shape index (κ2) is 6.45. The first kappa shape index (κ1) is 17.9. The Kier molecular flexibility index (Phi) is 4.63. The first-order valence-corrected chi connectivity index (χ1v) is 9.52. The maximum atomic E-state index is 13.2. The molecule has 0 saturated heterocycles. The number of nitrogens with zero attached hydrogens (tertiary/aromatic N) is 2. The van der Waals surface area contributed by atoms with Crippen LogP contribution in [0.25, 0.3) is 5.69 Å². The van der Waals surface area contributed by atoms with Gasteiger partial charge in [0.2, 0.25) is 10.0 Å². The number of hydrogen-bond acceptors (Lipinski definition) is 3. The molecule has 0 aliphatic heterocycles. The Bertz CT molecular complexity index is 869. The minimum absolute atomic E-state index is 0.0427. The zero-order chi connectivity index (χ0) is 18.2. The average Bonchev–Trinajstić information content (AvgIpc) is 3.00. The third kappa shape index (κ3) is 3.72. The van der Waals surface area contributed by atoms with E-state index in [1.165, 1.54) is 18.2 Å². The summed E-state index contributed by atoms with van der Waals surface area (Å²) in [5, 5.41) is 8.90. The molecule has 0 amide bonds. The highest BCUT2D eigenvalue weighted by atomic mass is 32.2. The zero-order valence-corrected chi connectivity index (χ0v) is 14.1. The Morgan fingerprint density at radius 2 is 1.76 bits per heavy atom. The lowest BCUT2D eigenvalue weighted by atomic mass is 9.86. The number of para-hydroxylation sites is 1. The van der Waals surface area contributed by atoms with Crippen molar-refractivity contribution in [2.24, 2.45) is 5.14 Å². The molecule has 1 saturated carbocycles. The van der Waals surface area contributed by atoms with Crippen molar-refractivity contribution in [3.63, 3.8) is 0 Å². The van der Waals surface area contributed by atoms with Crippen molar-refractivity contribution in [1.82, 2.24) is 9.78 Å². The lowest BCUT2D eigenvalue weighted by Crippen LogP contribution is -2.18. The van der Waals surface area contributed by atoms with Gasteiger partial charge in [0.05, 0.1) is 5.69 Å². The molecule has 2 N–H and O–H groups in total. The molecule has 0 atom stereocenters. The van der Waals surface area contributed by atoms with Crippen molar-refractivity contribution in [1.29, 1.82) is 0 Å². The van der Waals surface area contributed by atoms with Gasteiger partial charge < -0.3 is 0 Å². The van der Waals surface area contributed by atoms with Gasteiger partial charge in [-0.25, -0.2) is 18.2 Å². The predicted molar refractivity (Wildman–Crippen MR) is 85.8 cm³/mol. The Morgan fingerprint density at radius 3 is 2.36 bits per heavy atom. The van der Waals surface area contributed by atoms with Gasteiger partial charge in [0.25, 0.3) is 0 Å². The van der Waals surface area contributed by atoms with Crippen molar-refractivity contribution in [2.75, 3.05) is 0 Å². The standard InChI is InChI=1S/C16H18F3N3O2S/c17-16(18,19)15-10-13(11-6-2-1-3-7-11)22(21-15)12-8-4-5-9-14(12)25(20,23)24/h4-5,8-11H,1-3,6-7H2,(H2,20,23,24). The number of hydrogen-bond donors (Lipinski definition) is 1. The molecule has 1 aliphatic carbocycles. The highest BCUT2D eigenvalue weighted by Gasteiger charge is 2.37. The lowest BCUT2D eigenvalue weighted by molar-refractivity contribution is -0.141. The maximum Gasteiger partial charge on any atom is 0.435 e. The summed E-state index contributed by atoms with van der Waals surface area (Å²) in [6.45, 7) is 0. The summed E-state index contributed by atoms with van der Waals surface area (Å²) in [5.74, 6) is -0.0918. The lowest BCUT2D eigenvalue weighted by Gasteiger charge is -2.23. The van der Waals surface area contributed by atoms with Crippen LogP contribution >= 0.6 is 0 Å². The number of nitrogens with two attached hydrogens (primary N) is 1. The fraction of sp³-hybridized carbons (Fsp3) is 0.438. The number of alkyl halides is 3. The van der Waals surface area contributed by atoms with Crippen LogP contribution in [0, 0.1) is 0 Å². The summed E-state index contributed by atoms with van der Waals surface area (Å²) in [4.78, 5) is -0.246. The molecule has 1 aromatic heterocycles. The van der Waals surface area contributed by atoms with Crippen molar-refractivity contribution in [3.8, 4) is 5.69 Å². The van der Waals surface area contributed by atoms with Crippen LogP contribution < -0.4 is 5.14 Å². The minimum atomic E-state index is -4.61. The van der Waals surface area contributed by atoms with Crippen molar-refractivity contribution in [2.45, 2.75) is 49.1 Å². The van der Waals surface area contributed by atoms with E-state index in [0.717, 1.165) is 42.9 Å². The highest BCUT2D eigenvalue weighted by Crippen LogP contribution is 2.38. The fourth-order valence-corrected chi connectivity index (χ4v) is 4.00. The molecule has 2 aromatic rings. The van der Waals surface area contributed by atoms with Crippen LogP contribution in [0.5, 0.6) is 0 Å². The van der Waals surface area contributed by atoms with Gasteiger partial charge in [0.1, 0.15) is 4.90 Å². The minimum Gasteiger partial charge on any atom is -0.236 e. The fourth-order valence-electron chi connectivity index (χ4n) is 3.29. The molecule has 0 unspecified atom stereocenters. The Labute approximate surface area is 143 Å². The van der Waals surface area contributed by atoms with Gasteiger partial charge in [-0.15, -0.1) is 0 Å². The van der Waals surface area contributed by atoms with Gasteiger partial charge >= 0.3 is 6.18 Å². The van der Waals surface area contributed by atoms with E-state index in [0.29, 0.717) is 5.69 Å². The van der Waals surface area contributed by atoms with Crippen LogP contribution in [0.3, 0.4) is 0 Å². The van der Waals surface area contributed by atoms with E-state index in [-0.39, 0.29) is 16.5 Å². The molecule has 3 rings (SSSR count). The Balaban J connectivity index is 2.20. The van der Waals surface area contributed by atoms with Crippen molar-refractivity contribution < 1.29 is 21.6 Å². The molecule has 1 aromatic carbocycles. The molecule has 5 nitrogen and oxygen atoms in total. The SMILES string of the molecule is NS(=O)(=O)c1ccccc1-n1nc(C(F)(F)F)cc1C1CCCCC1. The van der Waals surface area contributed by atoms with E-state index in [2.05, 4.69) is 5.10 Å². The second-order valence-corrected chi connectivity index (χ2v) is 7.74. The summed E-state index contributed by atoms with van der Waals surface area (Å²) < 4.78 is 64.3. The van der Waals surface area contributed by atoms with Gasteiger partial charge in [0, 0.05) is 11.6 Å². The number of aromatic nitrogens is 2. The normalized spacial score (nSPS) is 17.0. The van der Waals surface area contributed by atoms with Crippen molar-refractivity contribution >= 4 is 10.0 Å². The van der Waals surface area contributed by atoms with Gasteiger partial charge in [0.15, 0.2) is 5.69 Å². The van der Waals surface area contributed by atoms with Crippen molar-refractivity contribution in [3.05, 3.63) is 41.7 Å². The third-order valence-electron chi connectivity index (χ3n) is 4.45. The van der Waals surface area contributed by atoms with Gasteiger partial charge in [-0.2, -0.15) is 18.3 Å². The van der Waals surface area contributed by atoms with Crippen LogP contribution in [0.1, 0.15) is 49.4 Å². The smallest absolute Gasteiger partial charge is 0.236 e. The quantitative estimate of drug-likeness (QED) is 0.893. The van der Waals surface area contributed by atoms with Gasteiger partial charge in [-0.05, 0) is 31.0 Å². The monoisotopic (exact) mass is 373 g/mol. The summed E-state index contributed by atoms with van der Waals surface area (Å²) >= 11 is 0. The van der Waals surface area contributed by atoms with Crippen LogP contribution in [0.2, 0.25) is 0 Å². The summed E-state index contributed by atoms with van der Waals surface area (Å²) in [7, 11) is -4.10. The summed E-state index contributed by atoms with van der Waals surface area (Å²) in [6, 6.07) is 6.72. The number of halogens is 3. The summed E-state index contributed by atoms with van der Waals surface area (Å²) in [6.07, 6.45) is -0.209. The topological polar surface area (TPSA) is 78.0 Å². The summed E-state index contributed by atoms with van der Waals surface area (Å²) in [5.41, 5.74) is -0.610. The van der Waals surface area contributed by atoms with Crippen LogP contribution in [0.15, 0.2) is 35.2 Å². The molecule has 1 fully saturated rings. The third-order valence-corrected chi connectivity index (χ3v) is 5.41. The number of primary sulfonamides is 1. The maximum absolute atomic E-state index is 13.2. The van der Waals surface area contributed by atoms with E-state index in [4.69, 9.17) is 5.14 Å². The Morgan fingerprint density at radius 1 is 1.12 bits per heavy atom. The van der Waals surface area contributed by atoms with Gasteiger partial charge in [-0.3, -0.25) is 0 Å². The molecule has 1 heterocycles. The number of rotatable bonds is 3. The average molecular weight is 373 g/mol. The molecule has 1 aliphatic rings. The Hall–Kier alpha value is -1.87. The van der Waals surface area contributed by atoms with Crippen LogP contribution in [-0.2, 0) is 16.2 Å². The molecule has 0 radical (unpaired) electrons. The number of sulfonamides is 1. The van der Waals surface area contributed by atoms with E-state index in [1.54, 1.807) is 6.07 Å². The molecule has 0 bridgehead atoms. The van der Waals surface area contributed by atoms with E-state index < -0.39 is 21.9 Å². The second-order valence-electron chi connectivity index (χ2n) is 6.21. The molecular weight excluding hydrogens is 355 g/mol. The zero-order valence-electron chi connectivity index (χ0n) is 13.3. The highest BCUT2D eigenvalue weighted by molar-refractivity contribution is 7.89. The van der Waals surface area contributed by atoms with Crippen LogP contribution in [0.4, 0.5) is 13.2 Å². The molecular formula is C16H18F3N3O2S. The van der Waals surface area contributed by atoms with E-state index >= 15 is 0 Å². The first-order valence-electron chi connectivity index (χ1n) is 7.97. The first-order chi connectivity index (χ1) is 11.7.